The number of hydrogen-bond acceptors (Lipinski definition) is 3. The standard InChI is InChI=1S/C16H23NO4/c1-4-12(3)14(15(18)19)17(5-2)16(20)21-11-13-9-7-6-8-10-13/h6-10,12,14H,4-5,11H2,1-3H3,(H,18,19). The molecule has 2 atom stereocenters. The number of nitrogens with zero attached hydrogens (tertiary/aromatic N) is 1. The number of carboxylic acid groups (broad SMARTS) is 1. The van der Waals surface area contributed by atoms with Gasteiger partial charge in [-0.3, -0.25) is 4.90 Å². The lowest BCUT2D eigenvalue weighted by atomic mass is 9.98. The van der Waals surface area contributed by atoms with E-state index in [0.717, 1.165) is 5.56 Å². The predicted molar refractivity (Wildman–Crippen MR) is 79.9 cm³/mol. The number of benzene rings is 1. The van der Waals surface area contributed by atoms with Gasteiger partial charge >= 0.3 is 12.1 Å². The summed E-state index contributed by atoms with van der Waals surface area (Å²) in [6.07, 6.45) is 0.0912. The summed E-state index contributed by atoms with van der Waals surface area (Å²) in [6.45, 7) is 5.93. The van der Waals surface area contributed by atoms with Gasteiger partial charge in [0.15, 0.2) is 0 Å². The van der Waals surface area contributed by atoms with E-state index in [1.807, 2.05) is 44.2 Å². The summed E-state index contributed by atoms with van der Waals surface area (Å²) >= 11 is 0. The summed E-state index contributed by atoms with van der Waals surface area (Å²) in [7, 11) is 0. The molecule has 1 rings (SSSR count). The van der Waals surface area contributed by atoms with Crippen LogP contribution < -0.4 is 0 Å². The normalized spacial score (nSPS) is 13.3. The molecule has 1 N–H and O–H groups in total. The van der Waals surface area contributed by atoms with Crippen molar-refractivity contribution in [2.45, 2.75) is 39.8 Å². The van der Waals surface area contributed by atoms with Crippen LogP contribution in [0.2, 0.25) is 0 Å². The predicted octanol–water partition coefficient (Wildman–Crippen LogP) is 3.14. The number of carbonyl (C=O) groups is 2. The van der Waals surface area contributed by atoms with Gasteiger partial charge in [-0.05, 0) is 18.4 Å². The van der Waals surface area contributed by atoms with Crippen LogP contribution in [0.4, 0.5) is 4.79 Å². The van der Waals surface area contributed by atoms with Crippen molar-refractivity contribution < 1.29 is 19.4 Å². The van der Waals surface area contributed by atoms with E-state index in [9.17, 15) is 14.7 Å². The molecular formula is C16H23NO4. The maximum atomic E-state index is 12.2. The zero-order valence-corrected chi connectivity index (χ0v) is 12.8. The summed E-state index contributed by atoms with van der Waals surface area (Å²) in [6, 6.07) is 8.45. The highest BCUT2D eigenvalue weighted by atomic mass is 16.6. The molecule has 5 heteroatoms. The summed E-state index contributed by atoms with van der Waals surface area (Å²) in [4.78, 5) is 24.9. The van der Waals surface area contributed by atoms with Gasteiger partial charge < -0.3 is 9.84 Å². The Balaban J connectivity index is 2.73. The van der Waals surface area contributed by atoms with Crippen LogP contribution in [-0.4, -0.2) is 34.7 Å². The van der Waals surface area contributed by atoms with Crippen molar-refractivity contribution in [1.82, 2.24) is 4.90 Å². The SMILES string of the molecule is CCC(C)C(C(=O)O)N(CC)C(=O)OCc1ccccc1. The Bertz CT molecular complexity index is 461. The molecule has 1 aromatic rings. The highest BCUT2D eigenvalue weighted by molar-refractivity contribution is 5.80. The molecule has 0 saturated carbocycles. The monoisotopic (exact) mass is 293 g/mol. The summed E-state index contributed by atoms with van der Waals surface area (Å²) in [5, 5.41) is 9.36. The fraction of sp³-hybridized carbons (Fsp3) is 0.500. The second kappa shape index (κ2) is 8.29. The van der Waals surface area contributed by atoms with Gasteiger partial charge in [-0.1, -0.05) is 50.6 Å². The fourth-order valence-electron chi connectivity index (χ4n) is 2.15. The Morgan fingerprint density at radius 2 is 1.86 bits per heavy atom. The van der Waals surface area contributed by atoms with Gasteiger partial charge in [-0.25, -0.2) is 9.59 Å². The first-order valence-corrected chi connectivity index (χ1v) is 7.21. The first-order valence-electron chi connectivity index (χ1n) is 7.21. The first kappa shape index (κ1) is 17.0. The number of rotatable bonds is 7. The third-order valence-corrected chi connectivity index (χ3v) is 3.55. The van der Waals surface area contributed by atoms with Crippen molar-refractivity contribution in [2.24, 2.45) is 5.92 Å². The lowest BCUT2D eigenvalue weighted by molar-refractivity contribution is -0.144. The molecule has 5 nitrogen and oxygen atoms in total. The van der Waals surface area contributed by atoms with E-state index < -0.39 is 18.1 Å². The molecule has 0 aromatic heterocycles. The lowest BCUT2D eigenvalue weighted by Gasteiger charge is -2.30. The number of carbonyl (C=O) groups excluding carboxylic acids is 1. The van der Waals surface area contributed by atoms with Crippen LogP contribution >= 0.6 is 0 Å². The zero-order valence-electron chi connectivity index (χ0n) is 12.8. The Kier molecular flexibility index (Phi) is 6.72. The van der Waals surface area contributed by atoms with Gasteiger partial charge in [0.25, 0.3) is 0 Å². The highest BCUT2D eigenvalue weighted by Crippen LogP contribution is 2.17. The van der Waals surface area contributed by atoms with Gasteiger partial charge in [-0.2, -0.15) is 0 Å². The number of aliphatic carboxylic acids is 1. The molecule has 0 aliphatic carbocycles. The Morgan fingerprint density at radius 3 is 2.33 bits per heavy atom. The van der Waals surface area contributed by atoms with Crippen molar-refractivity contribution in [3.63, 3.8) is 0 Å². The molecule has 2 unspecified atom stereocenters. The van der Waals surface area contributed by atoms with Crippen LogP contribution in [0, 0.1) is 5.92 Å². The van der Waals surface area contributed by atoms with E-state index in [4.69, 9.17) is 4.74 Å². The summed E-state index contributed by atoms with van der Waals surface area (Å²) < 4.78 is 5.23. The maximum absolute atomic E-state index is 12.2. The van der Waals surface area contributed by atoms with E-state index in [0.29, 0.717) is 13.0 Å². The molecule has 1 aromatic carbocycles. The second-order valence-electron chi connectivity index (χ2n) is 4.99. The maximum Gasteiger partial charge on any atom is 0.410 e. The number of likely N-dealkylation sites (N-methyl/N-ethyl adjacent to an activating group) is 1. The second-order valence-corrected chi connectivity index (χ2v) is 4.99. The third kappa shape index (κ3) is 4.77. The molecule has 116 valence electrons. The van der Waals surface area contributed by atoms with Crippen LogP contribution in [-0.2, 0) is 16.1 Å². The molecule has 0 aliphatic heterocycles. The molecule has 1 amide bonds. The third-order valence-electron chi connectivity index (χ3n) is 3.55. The molecular weight excluding hydrogens is 270 g/mol. The largest absolute Gasteiger partial charge is 0.480 e. The minimum Gasteiger partial charge on any atom is -0.480 e. The van der Waals surface area contributed by atoms with Crippen molar-refractivity contribution >= 4 is 12.1 Å². The Labute approximate surface area is 125 Å². The molecule has 0 heterocycles. The number of ether oxygens (including phenoxy) is 1. The van der Waals surface area contributed by atoms with Crippen molar-refractivity contribution in [3.8, 4) is 0 Å². The topological polar surface area (TPSA) is 66.8 Å². The molecule has 0 radical (unpaired) electrons. The number of carboxylic acids is 1. The molecule has 0 saturated heterocycles. The molecule has 0 aliphatic rings. The summed E-state index contributed by atoms with van der Waals surface area (Å²) in [5.74, 6) is -1.13. The summed E-state index contributed by atoms with van der Waals surface area (Å²) in [5.41, 5.74) is 0.873. The van der Waals surface area contributed by atoms with Gasteiger partial charge in [-0.15, -0.1) is 0 Å². The van der Waals surface area contributed by atoms with Crippen LogP contribution in [0.1, 0.15) is 32.8 Å². The highest BCUT2D eigenvalue weighted by Gasteiger charge is 2.33. The minimum absolute atomic E-state index is 0.133. The Hall–Kier alpha value is -2.04. The average molecular weight is 293 g/mol. The van der Waals surface area contributed by atoms with E-state index in [1.165, 1.54) is 4.90 Å². The van der Waals surface area contributed by atoms with Gasteiger partial charge in [0.05, 0.1) is 0 Å². The first-order chi connectivity index (χ1) is 10.0. The van der Waals surface area contributed by atoms with Gasteiger partial charge in [0.1, 0.15) is 12.6 Å². The van der Waals surface area contributed by atoms with Crippen molar-refractivity contribution in [3.05, 3.63) is 35.9 Å². The van der Waals surface area contributed by atoms with E-state index >= 15 is 0 Å². The quantitative estimate of drug-likeness (QED) is 0.838. The molecule has 0 bridgehead atoms. The van der Waals surface area contributed by atoms with Crippen molar-refractivity contribution in [1.29, 1.82) is 0 Å². The van der Waals surface area contributed by atoms with Crippen LogP contribution in [0.5, 0.6) is 0 Å². The van der Waals surface area contributed by atoms with Crippen LogP contribution in [0.15, 0.2) is 30.3 Å². The van der Waals surface area contributed by atoms with Crippen molar-refractivity contribution in [2.75, 3.05) is 6.54 Å². The zero-order chi connectivity index (χ0) is 15.8. The Morgan fingerprint density at radius 1 is 1.24 bits per heavy atom. The fourth-order valence-corrected chi connectivity index (χ4v) is 2.15. The lowest BCUT2D eigenvalue weighted by Crippen LogP contribution is -2.48. The van der Waals surface area contributed by atoms with E-state index in [2.05, 4.69) is 0 Å². The molecule has 0 spiro atoms. The molecule has 21 heavy (non-hydrogen) atoms. The molecule has 0 fully saturated rings. The average Bonchev–Trinajstić information content (AvgIpc) is 2.50. The van der Waals surface area contributed by atoms with Gasteiger partial charge in [0, 0.05) is 6.54 Å². The van der Waals surface area contributed by atoms with E-state index in [-0.39, 0.29) is 12.5 Å². The minimum atomic E-state index is -0.997. The van der Waals surface area contributed by atoms with Gasteiger partial charge in [0.2, 0.25) is 0 Å². The van der Waals surface area contributed by atoms with Crippen LogP contribution in [0.25, 0.3) is 0 Å². The smallest absolute Gasteiger partial charge is 0.410 e. The van der Waals surface area contributed by atoms with Crippen LogP contribution in [0.3, 0.4) is 0 Å². The number of amides is 1. The van der Waals surface area contributed by atoms with E-state index in [1.54, 1.807) is 6.92 Å². The number of hydrogen-bond donors (Lipinski definition) is 1.